The zero-order valence-corrected chi connectivity index (χ0v) is 17.9. The highest BCUT2D eigenvalue weighted by molar-refractivity contribution is 6.74. The van der Waals surface area contributed by atoms with Gasteiger partial charge >= 0.3 is 0 Å². The van der Waals surface area contributed by atoms with Crippen LogP contribution in [0.4, 0.5) is 0 Å². The molecule has 144 valence electrons. The average molecular weight is 375 g/mol. The second-order valence-electron chi connectivity index (χ2n) is 8.61. The average Bonchev–Trinajstić information content (AvgIpc) is 3.03. The summed E-state index contributed by atoms with van der Waals surface area (Å²) in [6.07, 6.45) is 2.85. The third-order valence-electron chi connectivity index (χ3n) is 5.57. The third kappa shape index (κ3) is 5.06. The van der Waals surface area contributed by atoms with Gasteiger partial charge in [-0.3, -0.25) is 10.1 Å². The maximum atomic E-state index is 13.1. The third-order valence-corrected chi connectivity index (χ3v) is 10.1. The van der Waals surface area contributed by atoms with Crippen molar-refractivity contribution in [1.82, 2.24) is 10.2 Å². The monoisotopic (exact) mass is 374 g/mol. The Kier molecular flexibility index (Phi) is 6.83. The van der Waals surface area contributed by atoms with Crippen LogP contribution >= 0.6 is 0 Å². The first-order valence-corrected chi connectivity index (χ1v) is 12.4. The van der Waals surface area contributed by atoms with Gasteiger partial charge in [-0.1, -0.05) is 57.2 Å². The number of carbonyl (C=O) groups excluding carboxylic acids is 1. The fourth-order valence-corrected chi connectivity index (χ4v) is 4.37. The van der Waals surface area contributed by atoms with Gasteiger partial charge in [-0.25, -0.2) is 0 Å². The number of hydrogen-bond acceptors (Lipinski definition) is 3. The van der Waals surface area contributed by atoms with Crippen molar-refractivity contribution in [3.8, 4) is 0 Å². The fraction of sp³-hybridized carbons (Fsp3) is 0.571. The molecule has 0 aromatic heterocycles. The minimum atomic E-state index is -1.81. The normalized spacial score (nSPS) is 19.4. The predicted octanol–water partition coefficient (Wildman–Crippen LogP) is 4.13. The standard InChI is InChI=1S/C21H34N2O2Si/c1-7-14-22-19(17-11-9-8-10-12-17)20(24)23-15-13-18(16-23)25-26(5,6)21(2,3)4/h7-12,18-19,22H,1,13-16H2,2-6H3. The lowest BCUT2D eigenvalue weighted by molar-refractivity contribution is -0.132. The minimum Gasteiger partial charge on any atom is -0.412 e. The van der Waals surface area contributed by atoms with Crippen molar-refractivity contribution in [1.29, 1.82) is 0 Å². The van der Waals surface area contributed by atoms with Crippen LogP contribution < -0.4 is 5.32 Å². The van der Waals surface area contributed by atoms with Crippen LogP contribution in [0, 0.1) is 0 Å². The number of carbonyl (C=O) groups is 1. The van der Waals surface area contributed by atoms with Gasteiger partial charge in [0.05, 0.1) is 6.10 Å². The first-order valence-electron chi connectivity index (χ1n) is 9.51. The Morgan fingerprint density at radius 3 is 2.62 bits per heavy atom. The van der Waals surface area contributed by atoms with E-state index in [0.29, 0.717) is 13.1 Å². The van der Waals surface area contributed by atoms with Crippen LogP contribution in [0.5, 0.6) is 0 Å². The zero-order chi connectivity index (χ0) is 19.4. The second kappa shape index (κ2) is 8.50. The Hall–Kier alpha value is -1.43. The van der Waals surface area contributed by atoms with E-state index in [1.54, 1.807) is 6.08 Å². The molecule has 1 aromatic carbocycles. The zero-order valence-electron chi connectivity index (χ0n) is 16.9. The molecule has 0 aliphatic carbocycles. The molecule has 1 saturated heterocycles. The van der Waals surface area contributed by atoms with E-state index < -0.39 is 8.32 Å². The Bertz CT molecular complexity index is 610. The molecular weight excluding hydrogens is 340 g/mol. The maximum Gasteiger partial charge on any atom is 0.244 e. The number of likely N-dealkylation sites (tertiary alicyclic amines) is 1. The van der Waals surface area contributed by atoms with Crippen LogP contribution in [0.1, 0.15) is 38.8 Å². The van der Waals surface area contributed by atoms with E-state index in [-0.39, 0.29) is 23.1 Å². The molecule has 1 aliphatic rings. The van der Waals surface area contributed by atoms with E-state index in [1.165, 1.54) is 0 Å². The van der Waals surface area contributed by atoms with Gasteiger partial charge in [-0.15, -0.1) is 6.58 Å². The van der Waals surface area contributed by atoms with E-state index in [2.05, 4.69) is 45.8 Å². The first-order chi connectivity index (χ1) is 12.2. The van der Waals surface area contributed by atoms with Gasteiger partial charge in [0, 0.05) is 19.6 Å². The van der Waals surface area contributed by atoms with Gasteiger partial charge < -0.3 is 9.33 Å². The molecular formula is C21H34N2O2Si. The molecule has 0 spiro atoms. The van der Waals surface area contributed by atoms with Gasteiger partial charge in [-0.05, 0) is 30.1 Å². The van der Waals surface area contributed by atoms with Crippen LogP contribution in [0.15, 0.2) is 43.0 Å². The van der Waals surface area contributed by atoms with Crippen molar-refractivity contribution >= 4 is 14.2 Å². The van der Waals surface area contributed by atoms with Crippen molar-refractivity contribution in [2.45, 2.75) is 57.5 Å². The Balaban J connectivity index is 2.05. The summed E-state index contributed by atoms with van der Waals surface area (Å²) in [6, 6.07) is 9.58. The van der Waals surface area contributed by atoms with E-state index >= 15 is 0 Å². The fourth-order valence-electron chi connectivity index (χ4n) is 3.00. The van der Waals surface area contributed by atoms with E-state index in [0.717, 1.165) is 18.5 Å². The van der Waals surface area contributed by atoms with Crippen LogP contribution in [0.3, 0.4) is 0 Å². The van der Waals surface area contributed by atoms with Crippen LogP contribution in [-0.4, -0.2) is 44.9 Å². The van der Waals surface area contributed by atoms with Gasteiger partial charge in [0.2, 0.25) is 5.91 Å². The van der Waals surface area contributed by atoms with Crippen LogP contribution in [0.25, 0.3) is 0 Å². The summed E-state index contributed by atoms with van der Waals surface area (Å²) < 4.78 is 6.52. The summed E-state index contributed by atoms with van der Waals surface area (Å²) >= 11 is 0. The van der Waals surface area contributed by atoms with Crippen molar-refractivity contribution in [2.75, 3.05) is 19.6 Å². The number of hydrogen-bond donors (Lipinski definition) is 1. The molecule has 0 saturated carbocycles. The van der Waals surface area contributed by atoms with E-state index in [9.17, 15) is 4.79 Å². The topological polar surface area (TPSA) is 41.6 Å². The summed E-state index contributed by atoms with van der Waals surface area (Å²) in [5.74, 6) is 0.124. The number of rotatable bonds is 7. The molecule has 0 radical (unpaired) electrons. The molecule has 2 unspecified atom stereocenters. The summed E-state index contributed by atoms with van der Waals surface area (Å²) in [6.45, 7) is 17.1. The molecule has 1 aromatic rings. The molecule has 4 nitrogen and oxygen atoms in total. The Morgan fingerprint density at radius 1 is 1.38 bits per heavy atom. The van der Waals surface area contributed by atoms with Gasteiger partial charge in [0.25, 0.3) is 0 Å². The smallest absolute Gasteiger partial charge is 0.244 e. The van der Waals surface area contributed by atoms with Crippen molar-refractivity contribution in [3.05, 3.63) is 48.6 Å². The lowest BCUT2D eigenvalue weighted by Crippen LogP contribution is -2.45. The molecule has 1 N–H and O–H groups in total. The highest BCUT2D eigenvalue weighted by atomic mass is 28.4. The number of amides is 1. The molecule has 1 fully saturated rings. The molecule has 26 heavy (non-hydrogen) atoms. The molecule has 2 rings (SSSR count). The Morgan fingerprint density at radius 2 is 2.04 bits per heavy atom. The molecule has 2 atom stereocenters. The quantitative estimate of drug-likeness (QED) is 0.576. The van der Waals surface area contributed by atoms with Crippen LogP contribution in [-0.2, 0) is 9.22 Å². The summed E-state index contributed by atoms with van der Waals surface area (Å²) in [7, 11) is -1.81. The molecule has 1 aliphatic heterocycles. The van der Waals surface area contributed by atoms with E-state index in [1.807, 2.05) is 35.2 Å². The highest BCUT2D eigenvalue weighted by Gasteiger charge is 2.41. The van der Waals surface area contributed by atoms with Gasteiger partial charge in [0.15, 0.2) is 8.32 Å². The number of benzene rings is 1. The highest BCUT2D eigenvalue weighted by Crippen LogP contribution is 2.38. The maximum absolute atomic E-state index is 13.1. The van der Waals surface area contributed by atoms with E-state index in [4.69, 9.17) is 4.43 Å². The molecule has 0 bridgehead atoms. The SMILES string of the molecule is C=CCNC(C(=O)N1CCC(O[Si](C)(C)C(C)(C)C)C1)c1ccccc1. The van der Waals surface area contributed by atoms with Crippen molar-refractivity contribution in [2.24, 2.45) is 0 Å². The minimum absolute atomic E-state index is 0.124. The first kappa shape index (κ1) is 20.9. The lowest BCUT2D eigenvalue weighted by atomic mass is 10.1. The predicted molar refractivity (Wildman–Crippen MR) is 111 cm³/mol. The Labute approximate surface area is 159 Å². The number of nitrogens with one attached hydrogen (secondary N) is 1. The second-order valence-corrected chi connectivity index (χ2v) is 13.4. The van der Waals surface area contributed by atoms with Crippen molar-refractivity contribution < 1.29 is 9.22 Å². The number of nitrogens with zero attached hydrogens (tertiary/aromatic N) is 1. The molecule has 1 heterocycles. The summed E-state index contributed by atoms with van der Waals surface area (Å²) in [4.78, 5) is 15.1. The largest absolute Gasteiger partial charge is 0.412 e. The lowest BCUT2D eigenvalue weighted by Gasteiger charge is -2.38. The molecule has 1 amide bonds. The molecule has 5 heteroatoms. The van der Waals surface area contributed by atoms with Gasteiger partial charge in [0.1, 0.15) is 6.04 Å². The van der Waals surface area contributed by atoms with Gasteiger partial charge in [-0.2, -0.15) is 0 Å². The summed E-state index contributed by atoms with van der Waals surface area (Å²) in [5.41, 5.74) is 0.994. The summed E-state index contributed by atoms with van der Waals surface area (Å²) in [5, 5.41) is 3.49. The van der Waals surface area contributed by atoms with Crippen LogP contribution in [0.2, 0.25) is 18.1 Å². The van der Waals surface area contributed by atoms with Crippen molar-refractivity contribution in [3.63, 3.8) is 0 Å².